The van der Waals surface area contributed by atoms with Gasteiger partial charge in [-0.15, -0.1) is 0 Å². The van der Waals surface area contributed by atoms with Gasteiger partial charge < -0.3 is 9.80 Å². The second-order valence-corrected chi connectivity index (χ2v) is 21.2. The van der Waals surface area contributed by atoms with Crippen LogP contribution in [0.4, 0.5) is 51.7 Å². The third kappa shape index (κ3) is 9.57. The van der Waals surface area contributed by atoms with Crippen LogP contribution >= 0.6 is 0 Å². The lowest BCUT2D eigenvalue weighted by Gasteiger charge is -2.31. The highest BCUT2D eigenvalue weighted by molar-refractivity contribution is 6.28. The molecule has 14 aromatic rings. The van der Waals surface area contributed by atoms with Gasteiger partial charge in [0.25, 0.3) is 0 Å². The SMILES string of the molecule is N#Cc1ccc(N(c2c(F)cc(F)cc2-c2cc(-c3ccccc3)cc(-c3ccccc3)c2)c2ccc3ccc4c(N(c5ccc(C#N)cc5)c5c(F)cc(F)cc5-c5cc(-c6ccccc6)cc(-c6ccccc6)c5)ccc5ccc2c3c54)cc1. The monoisotopic (exact) mass is 1110 g/mol. The number of halogens is 4. The van der Waals surface area contributed by atoms with E-state index in [9.17, 15) is 10.5 Å². The number of nitriles is 2. The fourth-order valence-corrected chi connectivity index (χ4v) is 12.1. The maximum Gasteiger partial charge on any atom is 0.150 e. The summed E-state index contributed by atoms with van der Waals surface area (Å²) >= 11 is 0. The van der Waals surface area contributed by atoms with Crippen molar-refractivity contribution < 1.29 is 17.6 Å². The summed E-state index contributed by atoms with van der Waals surface area (Å²) in [6.07, 6.45) is 0. The molecule has 0 saturated carbocycles. The van der Waals surface area contributed by atoms with Crippen molar-refractivity contribution in [2.45, 2.75) is 0 Å². The van der Waals surface area contributed by atoms with Crippen LogP contribution in [-0.2, 0) is 0 Å². The van der Waals surface area contributed by atoms with Crippen LogP contribution < -0.4 is 9.80 Å². The first-order valence-corrected chi connectivity index (χ1v) is 28.0. The van der Waals surface area contributed by atoms with Gasteiger partial charge in [0.05, 0.1) is 46.0 Å². The second kappa shape index (κ2) is 22.0. The van der Waals surface area contributed by atoms with Gasteiger partial charge in [-0.2, -0.15) is 10.5 Å². The van der Waals surface area contributed by atoms with Gasteiger partial charge in [-0.25, -0.2) is 17.6 Å². The van der Waals surface area contributed by atoms with Gasteiger partial charge in [-0.1, -0.05) is 158 Å². The molecule has 406 valence electrons. The summed E-state index contributed by atoms with van der Waals surface area (Å²) in [7, 11) is 0. The van der Waals surface area contributed by atoms with Crippen molar-refractivity contribution in [2.75, 3.05) is 9.80 Å². The van der Waals surface area contributed by atoms with E-state index in [2.05, 4.69) is 24.3 Å². The summed E-state index contributed by atoms with van der Waals surface area (Å²) in [6.45, 7) is 0. The Labute approximate surface area is 494 Å². The molecule has 0 radical (unpaired) electrons. The fourth-order valence-electron chi connectivity index (χ4n) is 12.1. The first kappa shape index (κ1) is 52.5. The third-order valence-corrected chi connectivity index (χ3v) is 16.0. The predicted molar refractivity (Wildman–Crippen MR) is 341 cm³/mol. The molecule has 0 aliphatic carbocycles. The Bertz CT molecular complexity index is 4550. The van der Waals surface area contributed by atoms with E-state index in [-0.39, 0.29) is 22.5 Å². The molecule has 14 aromatic carbocycles. The Balaban J connectivity index is 1.01. The molecule has 0 amide bonds. The lowest BCUT2D eigenvalue weighted by molar-refractivity contribution is 0.584. The minimum absolute atomic E-state index is 0.0779. The maximum absolute atomic E-state index is 17.7. The van der Waals surface area contributed by atoms with Crippen LogP contribution in [0.25, 0.3) is 99.1 Å². The fraction of sp³-hybridized carbons (Fsp3) is 0. The highest BCUT2D eigenvalue weighted by Gasteiger charge is 2.29. The molecule has 4 nitrogen and oxygen atoms in total. The molecule has 14 rings (SSSR count). The lowest BCUT2D eigenvalue weighted by Crippen LogP contribution is -2.15. The molecule has 86 heavy (non-hydrogen) atoms. The number of hydrogen-bond acceptors (Lipinski definition) is 4. The highest BCUT2D eigenvalue weighted by atomic mass is 19.1. The average Bonchev–Trinajstić information content (AvgIpc) is 1.12. The molecule has 0 atom stereocenters. The van der Waals surface area contributed by atoms with Crippen molar-refractivity contribution in [3.63, 3.8) is 0 Å². The lowest BCUT2D eigenvalue weighted by atomic mass is 9.90. The molecule has 0 bridgehead atoms. The predicted octanol–water partition coefficient (Wildman–Crippen LogP) is 21.8. The number of hydrogen-bond donors (Lipinski definition) is 0. The van der Waals surface area contributed by atoms with Crippen molar-refractivity contribution >= 4 is 66.4 Å². The third-order valence-electron chi connectivity index (χ3n) is 16.0. The Hall–Kier alpha value is -11.6. The van der Waals surface area contributed by atoms with E-state index >= 15 is 17.6 Å². The van der Waals surface area contributed by atoms with Gasteiger partial charge in [0.15, 0.2) is 11.6 Å². The second-order valence-electron chi connectivity index (χ2n) is 21.2. The smallest absolute Gasteiger partial charge is 0.150 e. The molecule has 0 N–H and O–H groups in total. The summed E-state index contributed by atoms with van der Waals surface area (Å²) < 4.78 is 67.9. The molecule has 0 spiro atoms. The zero-order valence-corrected chi connectivity index (χ0v) is 45.9. The Kier molecular flexibility index (Phi) is 13.4. The zero-order valence-electron chi connectivity index (χ0n) is 45.9. The van der Waals surface area contributed by atoms with E-state index in [1.807, 2.05) is 194 Å². The van der Waals surface area contributed by atoms with Gasteiger partial charge in [-0.05, 0) is 186 Å². The Morgan fingerprint density at radius 1 is 0.279 bits per heavy atom. The molecule has 0 aliphatic rings. The average molecular weight is 1120 g/mol. The number of nitrogens with zero attached hydrogens (tertiary/aromatic N) is 4. The summed E-state index contributed by atoms with van der Waals surface area (Å²) in [5.74, 6) is -3.15. The van der Waals surface area contributed by atoms with Crippen LogP contribution in [0.2, 0.25) is 0 Å². The number of anilines is 6. The topological polar surface area (TPSA) is 54.1 Å². The van der Waals surface area contributed by atoms with Crippen molar-refractivity contribution in [3.8, 4) is 78.9 Å². The van der Waals surface area contributed by atoms with Gasteiger partial charge in [-0.3, -0.25) is 0 Å². The molecule has 0 aliphatic heterocycles. The zero-order chi connectivity index (χ0) is 58.4. The molecular formula is C78H46F4N4. The minimum atomic E-state index is -0.816. The maximum atomic E-state index is 17.7. The Morgan fingerprint density at radius 2 is 0.581 bits per heavy atom. The van der Waals surface area contributed by atoms with E-state index in [4.69, 9.17) is 0 Å². The first-order chi connectivity index (χ1) is 42.2. The van der Waals surface area contributed by atoms with E-state index in [1.165, 1.54) is 12.1 Å². The summed E-state index contributed by atoms with van der Waals surface area (Å²) in [5, 5.41) is 24.8. The molecule has 0 heterocycles. The standard InChI is InChI=1S/C78H46F4N4/c79-63-43-69(61-39-57(51-13-5-1-6-14-51)37-58(40-61)52-15-7-2-8-16-52)77(71(81)45-63)85(65-29-21-49(47-83)22-30-65)73-35-27-55-26-34-68-74(36-28-56-25-33-67(73)75(55)76(56)68)86(66-31-23-50(48-84)24-32-66)78-70(44-64(80)46-72(78)82)62-41-59(53-17-9-3-10-18-53)38-60(42-62)54-19-11-4-12-20-54/h1-46H. The van der Waals surface area contributed by atoms with Gasteiger partial charge in [0.2, 0.25) is 0 Å². The van der Waals surface area contributed by atoms with Crippen molar-refractivity contribution in [1.29, 1.82) is 10.5 Å². The van der Waals surface area contributed by atoms with E-state index in [1.54, 1.807) is 58.3 Å². The van der Waals surface area contributed by atoms with Gasteiger partial charge in [0.1, 0.15) is 11.6 Å². The van der Waals surface area contributed by atoms with Gasteiger partial charge in [0, 0.05) is 45.4 Å². The molecule has 0 fully saturated rings. The van der Waals surface area contributed by atoms with Crippen LogP contribution in [0.1, 0.15) is 11.1 Å². The summed E-state index contributed by atoms with van der Waals surface area (Å²) in [5.41, 5.74) is 11.9. The summed E-state index contributed by atoms with van der Waals surface area (Å²) in [4.78, 5) is 3.60. The van der Waals surface area contributed by atoms with Crippen molar-refractivity contribution in [2.24, 2.45) is 0 Å². The minimum Gasteiger partial charge on any atom is -0.307 e. The van der Waals surface area contributed by atoms with E-state index in [0.717, 1.165) is 78.2 Å². The van der Waals surface area contributed by atoms with E-state index < -0.39 is 23.3 Å². The number of benzene rings is 14. The van der Waals surface area contributed by atoms with E-state index in [0.29, 0.717) is 55.8 Å². The van der Waals surface area contributed by atoms with Crippen LogP contribution in [-0.4, -0.2) is 0 Å². The first-order valence-electron chi connectivity index (χ1n) is 28.0. The van der Waals surface area contributed by atoms with Crippen LogP contribution in [0.5, 0.6) is 0 Å². The number of rotatable bonds is 12. The molecular weight excluding hydrogens is 1070 g/mol. The largest absolute Gasteiger partial charge is 0.307 e. The quantitative estimate of drug-likeness (QED) is 0.0904. The summed E-state index contributed by atoms with van der Waals surface area (Å²) in [6, 6.07) is 90.0. The van der Waals surface area contributed by atoms with Crippen molar-refractivity contribution in [3.05, 3.63) is 313 Å². The van der Waals surface area contributed by atoms with Crippen LogP contribution in [0, 0.1) is 45.9 Å². The van der Waals surface area contributed by atoms with Crippen LogP contribution in [0.3, 0.4) is 0 Å². The Morgan fingerprint density at radius 3 is 0.895 bits per heavy atom. The van der Waals surface area contributed by atoms with Crippen LogP contribution in [0.15, 0.2) is 279 Å². The molecule has 8 heteroatoms. The normalized spacial score (nSPS) is 11.2. The highest BCUT2D eigenvalue weighted by Crippen LogP contribution is 2.52. The van der Waals surface area contributed by atoms with Gasteiger partial charge >= 0.3 is 0 Å². The molecule has 0 aromatic heterocycles. The molecule has 0 saturated heterocycles. The van der Waals surface area contributed by atoms with Crippen molar-refractivity contribution in [1.82, 2.24) is 0 Å². The molecule has 0 unspecified atom stereocenters.